The van der Waals surface area contributed by atoms with E-state index in [2.05, 4.69) is 31.0 Å². The largest absolute Gasteiger partial charge is 0.497 e. The Kier molecular flexibility index (Phi) is 4.70. The average Bonchev–Trinajstić information content (AvgIpc) is 3.28. The van der Waals surface area contributed by atoms with Crippen LogP contribution in [0.15, 0.2) is 66.0 Å². The minimum absolute atomic E-state index is 0.382. The van der Waals surface area contributed by atoms with Crippen molar-refractivity contribution in [3.63, 3.8) is 0 Å². The molecular weight excluding hydrogens is 358 g/mol. The zero-order chi connectivity index (χ0) is 19.3. The lowest BCUT2D eigenvalue weighted by molar-refractivity contribution is 0.0955. The fraction of sp³-hybridized carbons (Fsp3) is 0.0526. The van der Waals surface area contributed by atoms with E-state index in [-0.39, 0.29) is 5.91 Å². The SMILES string of the molecule is COc1ccc2nc(C=NNC(=O)c3ccccc3-n3cnnn3)ccc2c1. The molecule has 0 bridgehead atoms. The highest BCUT2D eigenvalue weighted by Gasteiger charge is 2.12. The highest BCUT2D eigenvalue weighted by molar-refractivity contribution is 5.98. The van der Waals surface area contributed by atoms with Crippen LogP contribution in [0.3, 0.4) is 0 Å². The molecule has 0 aliphatic rings. The maximum atomic E-state index is 12.5. The molecule has 0 aliphatic carbocycles. The van der Waals surface area contributed by atoms with Crippen LogP contribution in [0.25, 0.3) is 16.6 Å². The predicted molar refractivity (Wildman–Crippen MR) is 103 cm³/mol. The highest BCUT2D eigenvalue weighted by atomic mass is 16.5. The van der Waals surface area contributed by atoms with Gasteiger partial charge >= 0.3 is 0 Å². The van der Waals surface area contributed by atoms with Crippen molar-refractivity contribution in [2.75, 3.05) is 7.11 Å². The van der Waals surface area contributed by atoms with Crippen molar-refractivity contribution >= 4 is 23.0 Å². The first-order chi connectivity index (χ1) is 13.7. The van der Waals surface area contributed by atoms with Crippen LogP contribution >= 0.6 is 0 Å². The molecule has 0 aliphatic heterocycles. The molecule has 0 saturated carbocycles. The summed E-state index contributed by atoms with van der Waals surface area (Å²) in [7, 11) is 1.62. The average molecular weight is 373 g/mol. The molecule has 0 spiro atoms. The van der Waals surface area contributed by atoms with Gasteiger partial charge in [-0.2, -0.15) is 9.78 Å². The van der Waals surface area contributed by atoms with Crippen LogP contribution in [-0.4, -0.2) is 44.4 Å². The van der Waals surface area contributed by atoms with E-state index >= 15 is 0 Å². The third-order valence-electron chi connectivity index (χ3n) is 4.03. The Morgan fingerprint density at radius 1 is 1.18 bits per heavy atom. The van der Waals surface area contributed by atoms with Gasteiger partial charge in [-0.05, 0) is 46.8 Å². The number of amides is 1. The smallest absolute Gasteiger partial charge is 0.273 e. The van der Waals surface area contributed by atoms with E-state index in [4.69, 9.17) is 4.74 Å². The van der Waals surface area contributed by atoms with Gasteiger partial charge in [-0.15, -0.1) is 5.10 Å². The van der Waals surface area contributed by atoms with Crippen LogP contribution in [0.5, 0.6) is 5.75 Å². The third kappa shape index (κ3) is 3.54. The molecule has 0 unspecified atom stereocenters. The van der Waals surface area contributed by atoms with Gasteiger partial charge < -0.3 is 4.74 Å². The minimum Gasteiger partial charge on any atom is -0.497 e. The standard InChI is InChI=1S/C19H15N7O2/c1-28-15-8-9-17-13(10-15)6-7-14(22-17)11-20-23-19(27)16-4-2-3-5-18(16)26-12-21-24-25-26/h2-12H,1H3,(H,23,27). The van der Waals surface area contributed by atoms with Crippen LogP contribution in [0.4, 0.5) is 0 Å². The topological polar surface area (TPSA) is 107 Å². The van der Waals surface area contributed by atoms with Crippen LogP contribution in [0.2, 0.25) is 0 Å². The number of carbonyl (C=O) groups is 1. The number of pyridine rings is 1. The molecule has 2 aromatic heterocycles. The number of hydrazone groups is 1. The van der Waals surface area contributed by atoms with Gasteiger partial charge in [0.25, 0.3) is 5.91 Å². The maximum Gasteiger partial charge on any atom is 0.273 e. The van der Waals surface area contributed by atoms with E-state index < -0.39 is 0 Å². The molecule has 9 heteroatoms. The summed E-state index contributed by atoms with van der Waals surface area (Å²) in [6.45, 7) is 0. The number of carbonyl (C=O) groups excluding carboxylic acids is 1. The fourth-order valence-electron chi connectivity index (χ4n) is 2.67. The molecule has 4 rings (SSSR count). The molecule has 2 aromatic carbocycles. The van der Waals surface area contributed by atoms with Gasteiger partial charge in [0.15, 0.2) is 0 Å². The monoisotopic (exact) mass is 373 g/mol. The zero-order valence-electron chi connectivity index (χ0n) is 14.9. The maximum absolute atomic E-state index is 12.5. The minimum atomic E-state index is -0.382. The van der Waals surface area contributed by atoms with Gasteiger partial charge in [0.2, 0.25) is 0 Å². The molecule has 1 amide bonds. The Labute approximate surface area is 159 Å². The van der Waals surface area contributed by atoms with Crippen LogP contribution in [0.1, 0.15) is 16.1 Å². The van der Waals surface area contributed by atoms with Gasteiger partial charge in [0, 0.05) is 5.39 Å². The molecule has 0 saturated heterocycles. The molecular formula is C19H15N7O2. The Morgan fingerprint density at radius 3 is 2.89 bits per heavy atom. The van der Waals surface area contributed by atoms with Gasteiger partial charge in [-0.25, -0.2) is 10.4 Å². The van der Waals surface area contributed by atoms with Gasteiger partial charge in [0.1, 0.15) is 12.1 Å². The Morgan fingerprint density at radius 2 is 2.07 bits per heavy atom. The Balaban J connectivity index is 1.51. The van der Waals surface area contributed by atoms with Crippen molar-refractivity contribution in [2.24, 2.45) is 5.10 Å². The first-order valence-corrected chi connectivity index (χ1v) is 8.35. The van der Waals surface area contributed by atoms with E-state index in [1.54, 1.807) is 31.4 Å². The number of ether oxygens (including phenoxy) is 1. The molecule has 4 aromatic rings. The summed E-state index contributed by atoms with van der Waals surface area (Å²) in [6.07, 6.45) is 2.91. The van der Waals surface area contributed by atoms with Gasteiger partial charge in [0.05, 0.1) is 35.8 Å². The van der Waals surface area contributed by atoms with E-state index in [1.807, 2.05) is 30.3 Å². The van der Waals surface area contributed by atoms with Crippen molar-refractivity contribution in [3.05, 3.63) is 72.2 Å². The number of benzene rings is 2. The number of rotatable bonds is 5. The van der Waals surface area contributed by atoms with Crippen molar-refractivity contribution in [1.82, 2.24) is 30.6 Å². The number of para-hydroxylation sites is 1. The fourth-order valence-corrected chi connectivity index (χ4v) is 2.67. The normalized spacial score (nSPS) is 11.0. The Hall–Kier alpha value is -4.14. The molecule has 0 atom stereocenters. The number of nitrogens with zero attached hydrogens (tertiary/aromatic N) is 6. The lowest BCUT2D eigenvalue weighted by atomic mass is 10.1. The second kappa shape index (κ2) is 7.62. The first kappa shape index (κ1) is 17.3. The van der Waals surface area contributed by atoms with E-state index in [0.717, 1.165) is 16.7 Å². The zero-order valence-corrected chi connectivity index (χ0v) is 14.9. The van der Waals surface area contributed by atoms with Crippen molar-refractivity contribution in [3.8, 4) is 11.4 Å². The summed E-state index contributed by atoms with van der Waals surface area (Å²) < 4.78 is 6.62. The third-order valence-corrected chi connectivity index (χ3v) is 4.03. The first-order valence-electron chi connectivity index (χ1n) is 8.35. The summed E-state index contributed by atoms with van der Waals surface area (Å²) in [5.74, 6) is 0.386. The lowest BCUT2D eigenvalue weighted by Gasteiger charge is -2.06. The molecule has 0 fully saturated rings. The van der Waals surface area contributed by atoms with Crippen molar-refractivity contribution in [1.29, 1.82) is 0 Å². The van der Waals surface area contributed by atoms with E-state index in [0.29, 0.717) is 16.9 Å². The van der Waals surface area contributed by atoms with Crippen LogP contribution in [-0.2, 0) is 0 Å². The lowest BCUT2D eigenvalue weighted by Crippen LogP contribution is -2.20. The van der Waals surface area contributed by atoms with Crippen molar-refractivity contribution in [2.45, 2.75) is 0 Å². The molecule has 1 N–H and O–H groups in total. The van der Waals surface area contributed by atoms with E-state index in [1.165, 1.54) is 17.2 Å². The van der Waals surface area contributed by atoms with Gasteiger partial charge in [-0.3, -0.25) is 4.79 Å². The highest BCUT2D eigenvalue weighted by Crippen LogP contribution is 2.19. The number of hydrogen-bond acceptors (Lipinski definition) is 7. The summed E-state index contributed by atoms with van der Waals surface area (Å²) in [4.78, 5) is 17.0. The van der Waals surface area contributed by atoms with Gasteiger partial charge in [-0.1, -0.05) is 18.2 Å². The van der Waals surface area contributed by atoms with Crippen LogP contribution < -0.4 is 10.2 Å². The molecule has 0 radical (unpaired) electrons. The quantitative estimate of drug-likeness (QED) is 0.423. The molecule has 28 heavy (non-hydrogen) atoms. The number of methoxy groups -OCH3 is 1. The summed E-state index contributed by atoms with van der Waals surface area (Å²) in [5.41, 5.74) is 4.88. The number of fused-ring (bicyclic) bond motifs is 1. The summed E-state index contributed by atoms with van der Waals surface area (Å²) in [5, 5.41) is 16.0. The number of aromatic nitrogens is 5. The number of tetrazole rings is 1. The van der Waals surface area contributed by atoms with Crippen molar-refractivity contribution < 1.29 is 9.53 Å². The summed E-state index contributed by atoms with van der Waals surface area (Å²) >= 11 is 0. The number of nitrogens with one attached hydrogen (secondary N) is 1. The summed E-state index contributed by atoms with van der Waals surface area (Å²) in [6, 6.07) is 16.3. The van der Waals surface area contributed by atoms with E-state index in [9.17, 15) is 4.79 Å². The molecule has 2 heterocycles. The predicted octanol–water partition coefficient (Wildman–Crippen LogP) is 1.98. The number of hydrogen-bond donors (Lipinski definition) is 1. The molecule has 138 valence electrons. The second-order valence-electron chi connectivity index (χ2n) is 5.77. The second-order valence-corrected chi connectivity index (χ2v) is 5.77. The Bertz CT molecular complexity index is 1160. The van der Waals surface area contributed by atoms with Crippen LogP contribution in [0, 0.1) is 0 Å². The molecule has 9 nitrogen and oxygen atoms in total.